The van der Waals surface area contributed by atoms with E-state index in [4.69, 9.17) is 14.9 Å². The van der Waals surface area contributed by atoms with Crippen molar-refractivity contribution in [2.75, 3.05) is 6.54 Å². The lowest BCUT2D eigenvalue weighted by molar-refractivity contribution is -0.139. The van der Waals surface area contributed by atoms with Gasteiger partial charge >= 0.3 is 12.1 Å². The molecule has 0 bridgehead atoms. The summed E-state index contributed by atoms with van der Waals surface area (Å²) in [7, 11) is 0. The Balaban J connectivity index is 1.24. The number of carbonyl (C=O) groups excluding carboxylic acids is 3. The summed E-state index contributed by atoms with van der Waals surface area (Å²) in [5.74, 6) is -1.28. The lowest BCUT2D eigenvalue weighted by Gasteiger charge is -2.24. The number of hydrogen-bond donors (Lipinski definition) is 1. The molecule has 192 valence electrons. The largest absolute Gasteiger partial charge is 0.444 e. The highest BCUT2D eigenvalue weighted by Crippen LogP contribution is 2.41. The molecule has 2 fully saturated rings. The van der Waals surface area contributed by atoms with Crippen molar-refractivity contribution in [2.24, 2.45) is 11.8 Å². The van der Waals surface area contributed by atoms with Crippen LogP contribution in [-0.2, 0) is 32.2 Å². The number of carbonyl (C=O) groups is 3. The molecule has 1 N–H and O–H groups in total. The van der Waals surface area contributed by atoms with Crippen LogP contribution >= 0.6 is 0 Å². The molecule has 4 aliphatic rings. The maximum Gasteiger partial charge on any atom is 0.410 e. The van der Waals surface area contributed by atoms with Gasteiger partial charge < -0.3 is 14.4 Å². The third kappa shape index (κ3) is 5.29. The molecule has 5 rings (SSSR count). The van der Waals surface area contributed by atoms with E-state index in [0.29, 0.717) is 12.0 Å². The first kappa shape index (κ1) is 24.5. The van der Waals surface area contributed by atoms with Gasteiger partial charge in [-0.05, 0) is 43.2 Å². The Bertz CT molecular complexity index is 1090. The van der Waals surface area contributed by atoms with Crippen LogP contribution in [-0.4, -0.2) is 52.4 Å². The second-order valence-electron chi connectivity index (χ2n) is 10.2. The number of rotatable bonds is 1. The zero-order valence-electron chi connectivity index (χ0n) is 20.3. The molecule has 8 nitrogen and oxygen atoms in total. The van der Waals surface area contributed by atoms with Crippen molar-refractivity contribution >= 4 is 23.9 Å². The van der Waals surface area contributed by atoms with E-state index in [1.54, 1.807) is 12.1 Å². The van der Waals surface area contributed by atoms with Crippen molar-refractivity contribution in [1.82, 2.24) is 9.80 Å². The Morgan fingerprint density at radius 1 is 1.11 bits per heavy atom. The fraction of sp³-hybridized carbons (Fsp3) is 0.556. The number of esters is 1. The summed E-state index contributed by atoms with van der Waals surface area (Å²) in [6.07, 6.45) is 8.93. The molecule has 36 heavy (non-hydrogen) atoms. The van der Waals surface area contributed by atoms with Gasteiger partial charge in [0, 0.05) is 24.9 Å². The number of halogens is 1. The summed E-state index contributed by atoms with van der Waals surface area (Å²) in [5.41, 5.74) is 1.24. The zero-order valence-corrected chi connectivity index (χ0v) is 20.3. The first-order chi connectivity index (χ1) is 17.4. The molecule has 1 aromatic rings. The molecule has 1 saturated heterocycles. The van der Waals surface area contributed by atoms with Crippen LogP contribution in [0.15, 0.2) is 30.4 Å². The van der Waals surface area contributed by atoms with Crippen molar-refractivity contribution in [2.45, 2.75) is 76.6 Å². The maximum absolute atomic E-state index is 14.1. The Morgan fingerprint density at radius 2 is 1.94 bits per heavy atom. The average molecular weight is 498 g/mol. The maximum atomic E-state index is 14.1. The van der Waals surface area contributed by atoms with Crippen molar-refractivity contribution in [3.05, 3.63) is 47.3 Å². The van der Waals surface area contributed by atoms with E-state index < -0.39 is 24.2 Å². The van der Waals surface area contributed by atoms with Crippen LogP contribution in [0, 0.1) is 23.1 Å². The number of ether oxygens (including phenoxy) is 2. The number of amides is 2. The Hall–Kier alpha value is -3.23. The lowest BCUT2D eigenvalue weighted by atomic mass is 10.1. The second kappa shape index (κ2) is 10.4. The molecule has 0 radical (unpaired) electrons. The van der Waals surface area contributed by atoms with Crippen LogP contribution in [0.4, 0.5) is 9.18 Å². The smallest absolute Gasteiger partial charge is 0.410 e. The Labute approximate surface area is 209 Å². The van der Waals surface area contributed by atoms with Crippen LogP contribution in [0.3, 0.4) is 0 Å². The molecule has 9 heteroatoms. The summed E-state index contributed by atoms with van der Waals surface area (Å²) in [6, 6.07) is 4.02. The molecule has 0 spiro atoms. The van der Waals surface area contributed by atoms with Crippen molar-refractivity contribution in [3.63, 3.8) is 0 Å². The van der Waals surface area contributed by atoms with Crippen LogP contribution in [0.1, 0.15) is 62.5 Å². The summed E-state index contributed by atoms with van der Waals surface area (Å²) >= 11 is 0. The fourth-order valence-electron chi connectivity index (χ4n) is 5.39. The van der Waals surface area contributed by atoms with E-state index in [2.05, 4.69) is 12.2 Å². The van der Waals surface area contributed by atoms with Crippen LogP contribution < -0.4 is 0 Å². The fourth-order valence-corrected chi connectivity index (χ4v) is 5.39. The van der Waals surface area contributed by atoms with E-state index >= 15 is 0 Å². The molecular weight excluding hydrogens is 465 g/mol. The highest BCUT2D eigenvalue weighted by molar-refractivity contribution is 5.94. The number of fused-ring (bicyclic) bond motifs is 3. The van der Waals surface area contributed by atoms with Crippen LogP contribution in [0.5, 0.6) is 0 Å². The van der Waals surface area contributed by atoms with Gasteiger partial charge in [0.2, 0.25) is 11.8 Å². The van der Waals surface area contributed by atoms with Gasteiger partial charge in [0.25, 0.3) is 0 Å². The van der Waals surface area contributed by atoms with Gasteiger partial charge in [-0.25, -0.2) is 9.18 Å². The Kier molecular flexibility index (Phi) is 7.07. The molecule has 1 saturated carbocycles. The van der Waals surface area contributed by atoms with Crippen LogP contribution in [0.2, 0.25) is 0 Å². The average Bonchev–Trinajstić information content (AvgIpc) is 3.28. The molecule has 1 aromatic carbocycles. The SMILES string of the molecule is N=C1OC(=O)[C@H]2C[C@H]2/C=C\CCCCCCC(=O)N2C[C@H](OC(=O)N3Cc4cccc(F)c4C3)CC12. The van der Waals surface area contributed by atoms with Gasteiger partial charge in [-0.1, -0.05) is 37.1 Å². The standard InChI is InChI=1S/C27H32FN3O5/c28-22-10-7-9-18-14-30(16-21(18)22)27(34)35-19-13-23-25(29)36-26(33)20-12-17(20)8-5-3-1-2-4-6-11-24(32)31(23)15-19/h5,7-10,17,19-20,23,29H,1-4,6,11-16H2/b8-5-,29-25?/t17-,19-,20+,23?/m1/s1. The number of allylic oxidation sites excluding steroid dienone is 2. The molecule has 1 aliphatic carbocycles. The predicted molar refractivity (Wildman–Crippen MR) is 128 cm³/mol. The number of cyclic esters (lactones) is 1. The monoisotopic (exact) mass is 497 g/mol. The highest BCUT2D eigenvalue weighted by Gasteiger charge is 2.46. The van der Waals surface area contributed by atoms with Crippen molar-refractivity contribution in [1.29, 1.82) is 5.41 Å². The molecule has 1 unspecified atom stereocenters. The first-order valence-electron chi connectivity index (χ1n) is 12.9. The molecule has 4 atom stereocenters. The minimum absolute atomic E-state index is 0.129. The van der Waals surface area contributed by atoms with Gasteiger partial charge in [0.05, 0.1) is 19.0 Å². The van der Waals surface area contributed by atoms with E-state index in [-0.39, 0.29) is 55.5 Å². The summed E-state index contributed by atoms with van der Waals surface area (Å²) < 4.78 is 25.2. The van der Waals surface area contributed by atoms with Gasteiger partial charge in [-0.2, -0.15) is 0 Å². The predicted octanol–water partition coefficient (Wildman–Crippen LogP) is 4.31. The van der Waals surface area contributed by atoms with E-state index in [1.165, 1.54) is 15.9 Å². The third-order valence-electron chi connectivity index (χ3n) is 7.59. The normalized spacial score (nSPS) is 29.8. The number of hydrogen-bond acceptors (Lipinski definition) is 6. The number of benzene rings is 1. The minimum Gasteiger partial charge on any atom is -0.444 e. The topological polar surface area (TPSA) is 100 Å². The van der Waals surface area contributed by atoms with Crippen LogP contribution in [0.25, 0.3) is 0 Å². The lowest BCUT2D eigenvalue weighted by Crippen LogP contribution is -2.42. The quantitative estimate of drug-likeness (QED) is 0.460. The molecule has 3 heterocycles. The zero-order chi connectivity index (χ0) is 25.2. The summed E-state index contributed by atoms with van der Waals surface area (Å²) in [5, 5.41) is 8.46. The molecule has 0 aromatic heterocycles. The van der Waals surface area contributed by atoms with Crippen molar-refractivity contribution in [3.8, 4) is 0 Å². The van der Waals surface area contributed by atoms with E-state index in [0.717, 1.165) is 44.1 Å². The van der Waals surface area contributed by atoms with Crippen molar-refractivity contribution < 1.29 is 28.2 Å². The molecular formula is C27H32FN3O5. The van der Waals surface area contributed by atoms with E-state index in [1.807, 2.05) is 0 Å². The second-order valence-corrected chi connectivity index (χ2v) is 10.2. The van der Waals surface area contributed by atoms with Gasteiger partial charge in [-0.15, -0.1) is 0 Å². The Morgan fingerprint density at radius 3 is 2.78 bits per heavy atom. The first-order valence-corrected chi connectivity index (χ1v) is 12.9. The van der Waals surface area contributed by atoms with Gasteiger partial charge in [0.15, 0.2) is 0 Å². The van der Waals surface area contributed by atoms with Gasteiger partial charge in [0.1, 0.15) is 18.0 Å². The summed E-state index contributed by atoms with van der Waals surface area (Å²) in [4.78, 5) is 41.4. The highest BCUT2D eigenvalue weighted by atomic mass is 19.1. The number of nitrogens with zero attached hydrogens (tertiary/aromatic N) is 2. The third-order valence-corrected chi connectivity index (χ3v) is 7.59. The van der Waals surface area contributed by atoms with E-state index in [9.17, 15) is 18.8 Å². The molecule has 2 amide bonds. The van der Waals surface area contributed by atoms with Gasteiger partial charge in [-0.3, -0.25) is 19.9 Å². The summed E-state index contributed by atoms with van der Waals surface area (Å²) in [6.45, 7) is 0.526. The number of nitrogens with one attached hydrogen (secondary N) is 1. The molecule has 3 aliphatic heterocycles. The minimum atomic E-state index is -0.756.